The normalized spacial score (nSPS) is 14.4. The van der Waals surface area contributed by atoms with Crippen molar-refractivity contribution in [2.75, 3.05) is 14.1 Å². The topological polar surface area (TPSA) is 41.3 Å². The number of aliphatic hydroxyl groups excluding tert-OH is 1. The summed E-state index contributed by atoms with van der Waals surface area (Å²) in [7, 11) is 3.98. The van der Waals surface area contributed by atoms with Crippen LogP contribution in [0, 0.1) is 6.92 Å². The van der Waals surface area contributed by atoms with Gasteiger partial charge in [0, 0.05) is 24.2 Å². The Hall–Kier alpha value is -0.870. The zero-order chi connectivity index (χ0) is 13.2. The summed E-state index contributed by atoms with van der Waals surface area (Å²) in [4.78, 5) is 2.05. The van der Waals surface area contributed by atoms with Crippen molar-refractivity contribution in [3.63, 3.8) is 0 Å². The lowest BCUT2D eigenvalue weighted by Crippen LogP contribution is -2.49. The van der Waals surface area contributed by atoms with Crippen LogP contribution in [0.1, 0.15) is 32.2 Å². The van der Waals surface area contributed by atoms with Crippen LogP contribution in [0.25, 0.3) is 0 Å². The highest BCUT2D eigenvalue weighted by Crippen LogP contribution is 2.19. The summed E-state index contributed by atoms with van der Waals surface area (Å²) < 4.78 is 1.96. The number of hydrogen-bond acceptors (Lipinski definition) is 3. The number of aryl methyl sites for hydroxylation is 2. The average molecular weight is 239 g/mol. The fourth-order valence-electron chi connectivity index (χ4n) is 1.78. The van der Waals surface area contributed by atoms with E-state index in [2.05, 4.69) is 36.8 Å². The fraction of sp³-hybridized carbons (Fsp3) is 0.769. The van der Waals surface area contributed by atoms with Crippen molar-refractivity contribution in [1.29, 1.82) is 0 Å². The fourth-order valence-corrected chi connectivity index (χ4v) is 1.78. The van der Waals surface area contributed by atoms with Crippen LogP contribution in [0.5, 0.6) is 0 Å². The quantitative estimate of drug-likeness (QED) is 0.845. The van der Waals surface area contributed by atoms with Gasteiger partial charge in [-0.15, -0.1) is 0 Å². The number of likely N-dealkylation sites (N-methyl/N-ethyl adjacent to an activating group) is 1. The zero-order valence-electron chi connectivity index (χ0n) is 11.9. The van der Waals surface area contributed by atoms with Crippen molar-refractivity contribution >= 4 is 0 Å². The standard InChI is InChI=1S/C13H25N3O/c1-7-16-11(8-10(2)14-16)9-12(17)13(3,4)15(5)6/h8,12,17H,7,9H2,1-6H3. The molecule has 17 heavy (non-hydrogen) atoms. The molecule has 1 aromatic heterocycles. The number of aliphatic hydroxyl groups is 1. The maximum Gasteiger partial charge on any atom is 0.0773 e. The summed E-state index contributed by atoms with van der Waals surface area (Å²) in [6.45, 7) is 9.01. The molecule has 0 spiro atoms. The Kier molecular flexibility index (Phi) is 4.33. The summed E-state index contributed by atoms with van der Waals surface area (Å²) >= 11 is 0. The van der Waals surface area contributed by atoms with Crippen LogP contribution in [0.2, 0.25) is 0 Å². The van der Waals surface area contributed by atoms with Crippen molar-refractivity contribution in [2.24, 2.45) is 0 Å². The van der Waals surface area contributed by atoms with Crippen molar-refractivity contribution < 1.29 is 5.11 Å². The second-order valence-corrected chi connectivity index (χ2v) is 5.36. The molecule has 0 saturated heterocycles. The van der Waals surface area contributed by atoms with Crippen LogP contribution in [-0.4, -0.2) is 45.5 Å². The molecule has 0 radical (unpaired) electrons. The largest absolute Gasteiger partial charge is 0.391 e. The third-order valence-corrected chi connectivity index (χ3v) is 3.66. The molecule has 4 heteroatoms. The molecule has 1 atom stereocenters. The second kappa shape index (κ2) is 5.19. The van der Waals surface area contributed by atoms with E-state index in [1.807, 2.05) is 25.7 Å². The predicted molar refractivity (Wildman–Crippen MR) is 70.1 cm³/mol. The molecular weight excluding hydrogens is 214 g/mol. The first-order valence-corrected chi connectivity index (χ1v) is 6.17. The SMILES string of the molecule is CCn1nc(C)cc1CC(O)C(C)(C)N(C)C. The van der Waals surface area contributed by atoms with E-state index in [0.29, 0.717) is 6.42 Å². The molecule has 1 N–H and O–H groups in total. The van der Waals surface area contributed by atoms with Gasteiger partial charge in [0.2, 0.25) is 0 Å². The molecule has 0 aliphatic heterocycles. The average Bonchev–Trinajstić information content (AvgIpc) is 2.58. The van der Waals surface area contributed by atoms with Crippen molar-refractivity contribution in [1.82, 2.24) is 14.7 Å². The third-order valence-electron chi connectivity index (χ3n) is 3.66. The molecule has 1 aromatic rings. The lowest BCUT2D eigenvalue weighted by Gasteiger charge is -2.37. The molecule has 0 amide bonds. The first-order valence-electron chi connectivity index (χ1n) is 6.17. The van der Waals surface area contributed by atoms with Crippen LogP contribution in [-0.2, 0) is 13.0 Å². The lowest BCUT2D eigenvalue weighted by atomic mass is 9.92. The second-order valence-electron chi connectivity index (χ2n) is 5.36. The Balaban J connectivity index is 2.83. The van der Waals surface area contributed by atoms with E-state index in [1.54, 1.807) is 0 Å². The Morgan fingerprint density at radius 2 is 2.06 bits per heavy atom. The molecule has 0 saturated carbocycles. The first-order chi connectivity index (χ1) is 7.78. The van der Waals surface area contributed by atoms with Gasteiger partial charge in [0.05, 0.1) is 11.8 Å². The minimum Gasteiger partial charge on any atom is -0.391 e. The van der Waals surface area contributed by atoms with Crippen molar-refractivity contribution in [2.45, 2.75) is 52.3 Å². The van der Waals surface area contributed by atoms with Crippen LogP contribution in [0.3, 0.4) is 0 Å². The molecule has 0 aliphatic carbocycles. The molecule has 0 bridgehead atoms. The van der Waals surface area contributed by atoms with Crippen LogP contribution in [0.4, 0.5) is 0 Å². The minimum atomic E-state index is -0.404. The number of aromatic nitrogens is 2. The Labute approximate surface area is 104 Å². The monoisotopic (exact) mass is 239 g/mol. The van der Waals surface area contributed by atoms with Crippen molar-refractivity contribution in [3.05, 3.63) is 17.5 Å². The van der Waals surface area contributed by atoms with E-state index in [1.165, 1.54) is 0 Å². The highest BCUT2D eigenvalue weighted by molar-refractivity contribution is 5.11. The van der Waals surface area contributed by atoms with Gasteiger partial charge in [-0.3, -0.25) is 4.68 Å². The third kappa shape index (κ3) is 3.07. The van der Waals surface area contributed by atoms with Gasteiger partial charge >= 0.3 is 0 Å². The van der Waals surface area contributed by atoms with Gasteiger partial charge in [-0.05, 0) is 47.9 Å². The van der Waals surface area contributed by atoms with Crippen molar-refractivity contribution in [3.8, 4) is 0 Å². The smallest absolute Gasteiger partial charge is 0.0773 e. The summed E-state index contributed by atoms with van der Waals surface area (Å²) in [5.41, 5.74) is 1.88. The predicted octanol–water partition coefficient (Wildman–Crippen LogP) is 1.46. The van der Waals surface area contributed by atoms with E-state index in [-0.39, 0.29) is 5.54 Å². The van der Waals surface area contributed by atoms with E-state index in [0.717, 1.165) is 17.9 Å². The summed E-state index contributed by atoms with van der Waals surface area (Å²) in [6, 6.07) is 2.05. The van der Waals surface area contributed by atoms with Crippen LogP contribution in [0.15, 0.2) is 6.07 Å². The van der Waals surface area contributed by atoms with Crippen LogP contribution >= 0.6 is 0 Å². The molecule has 1 heterocycles. The number of hydrogen-bond donors (Lipinski definition) is 1. The van der Waals surface area contributed by atoms with Crippen LogP contribution < -0.4 is 0 Å². The molecule has 0 aliphatic rings. The Morgan fingerprint density at radius 1 is 1.47 bits per heavy atom. The maximum absolute atomic E-state index is 10.3. The highest BCUT2D eigenvalue weighted by Gasteiger charge is 2.30. The summed E-state index contributed by atoms with van der Waals surface area (Å²) in [5, 5.41) is 14.7. The molecule has 4 nitrogen and oxygen atoms in total. The lowest BCUT2D eigenvalue weighted by molar-refractivity contribution is 0.0170. The maximum atomic E-state index is 10.3. The summed E-state index contributed by atoms with van der Waals surface area (Å²) in [5.74, 6) is 0. The zero-order valence-corrected chi connectivity index (χ0v) is 11.9. The molecule has 1 rings (SSSR count). The number of nitrogens with zero attached hydrogens (tertiary/aromatic N) is 3. The van der Waals surface area contributed by atoms with E-state index >= 15 is 0 Å². The van der Waals surface area contributed by atoms with Gasteiger partial charge in [0.25, 0.3) is 0 Å². The minimum absolute atomic E-state index is 0.239. The molecular formula is C13H25N3O. The van der Waals surface area contributed by atoms with Gasteiger partial charge in [-0.1, -0.05) is 0 Å². The van der Waals surface area contributed by atoms with E-state index < -0.39 is 6.10 Å². The molecule has 0 aromatic carbocycles. The van der Waals surface area contributed by atoms with Gasteiger partial charge < -0.3 is 10.0 Å². The Bertz CT molecular complexity index is 369. The molecule has 1 unspecified atom stereocenters. The van der Waals surface area contributed by atoms with Gasteiger partial charge in [0.15, 0.2) is 0 Å². The summed E-state index contributed by atoms with van der Waals surface area (Å²) in [6.07, 6.45) is 0.235. The van der Waals surface area contributed by atoms with E-state index in [4.69, 9.17) is 0 Å². The van der Waals surface area contributed by atoms with Gasteiger partial charge in [0.1, 0.15) is 0 Å². The highest BCUT2D eigenvalue weighted by atomic mass is 16.3. The number of rotatable bonds is 5. The molecule has 0 fully saturated rings. The first kappa shape index (κ1) is 14.2. The van der Waals surface area contributed by atoms with Gasteiger partial charge in [-0.2, -0.15) is 5.10 Å². The Morgan fingerprint density at radius 3 is 2.53 bits per heavy atom. The van der Waals surface area contributed by atoms with Gasteiger partial charge in [-0.25, -0.2) is 0 Å². The van der Waals surface area contributed by atoms with E-state index in [9.17, 15) is 5.11 Å². The molecule has 98 valence electrons.